The zero-order valence-corrected chi connectivity index (χ0v) is 20.9. The first-order chi connectivity index (χ1) is 17.7. The van der Waals surface area contributed by atoms with Crippen LogP contribution in [0.3, 0.4) is 0 Å². The topological polar surface area (TPSA) is 80.0 Å². The van der Waals surface area contributed by atoms with Crippen molar-refractivity contribution < 1.29 is 27.8 Å². The highest BCUT2D eigenvalue weighted by molar-refractivity contribution is 5.83. The monoisotopic (exact) mass is 511 g/mol. The van der Waals surface area contributed by atoms with Gasteiger partial charge in [0.15, 0.2) is 0 Å². The summed E-state index contributed by atoms with van der Waals surface area (Å²) in [6.45, 7) is 2.85. The molecule has 5 rings (SSSR count). The molecule has 2 aromatic carbocycles. The third-order valence-corrected chi connectivity index (χ3v) is 8.04. The first kappa shape index (κ1) is 25.4. The number of halogens is 2. The summed E-state index contributed by atoms with van der Waals surface area (Å²) in [7, 11) is 0. The van der Waals surface area contributed by atoms with Crippen LogP contribution in [0.15, 0.2) is 45.6 Å². The predicted molar refractivity (Wildman–Crippen MR) is 134 cm³/mol. The fourth-order valence-electron chi connectivity index (χ4n) is 5.74. The molecule has 2 aliphatic rings. The maximum absolute atomic E-state index is 13.9. The molecule has 1 N–H and O–H groups in total. The molecule has 196 valence electrons. The molecular formula is C29H31F2NO5. The van der Waals surface area contributed by atoms with E-state index in [4.69, 9.17) is 9.15 Å². The molecule has 1 amide bonds. The fraction of sp³-hybridized carbons (Fsp3) is 0.448. The van der Waals surface area contributed by atoms with Crippen LogP contribution in [-0.4, -0.2) is 34.6 Å². The second-order valence-electron chi connectivity index (χ2n) is 10.3. The maximum atomic E-state index is 13.9. The van der Waals surface area contributed by atoms with Gasteiger partial charge >= 0.3 is 5.63 Å². The third-order valence-electron chi connectivity index (χ3n) is 8.04. The van der Waals surface area contributed by atoms with E-state index in [-0.39, 0.29) is 36.8 Å². The molecule has 1 saturated carbocycles. The SMILES string of the molecule is Cc1c(CCC(=O)N2CC[C@]3(O)CCCC[C@@H]3C2)c(=O)oc2cc(OCc3ccc(F)cc3F)ccc12. The van der Waals surface area contributed by atoms with Gasteiger partial charge in [-0.3, -0.25) is 4.79 Å². The van der Waals surface area contributed by atoms with E-state index >= 15 is 0 Å². The van der Waals surface area contributed by atoms with E-state index in [1.54, 1.807) is 18.2 Å². The van der Waals surface area contributed by atoms with Gasteiger partial charge < -0.3 is 19.2 Å². The van der Waals surface area contributed by atoms with Crippen LogP contribution >= 0.6 is 0 Å². The van der Waals surface area contributed by atoms with E-state index in [1.165, 1.54) is 6.07 Å². The van der Waals surface area contributed by atoms with Gasteiger partial charge in [0, 0.05) is 54.1 Å². The summed E-state index contributed by atoms with van der Waals surface area (Å²) >= 11 is 0. The number of aliphatic hydroxyl groups is 1. The van der Waals surface area contributed by atoms with Crippen molar-refractivity contribution in [1.82, 2.24) is 4.90 Å². The van der Waals surface area contributed by atoms with E-state index in [0.29, 0.717) is 36.4 Å². The summed E-state index contributed by atoms with van der Waals surface area (Å²) in [6, 6.07) is 8.32. The van der Waals surface area contributed by atoms with Crippen molar-refractivity contribution >= 4 is 16.9 Å². The van der Waals surface area contributed by atoms with Crippen molar-refractivity contribution in [1.29, 1.82) is 0 Å². The molecule has 0 bridgehead atoms. The van der Waals surface area contributed by atoms with Crippen molar-refractivity contribution in [3.63, 3.8) is 0 Å². The number of aryl methyl sites for hydroxylation is 1. The Morgan fingerprint density at radius 1 is 1.19 bits per heavy atom. The number of ether oxygens (including phenoxy) is 1. The Labute approximate surface area is 213 Å². The Bertz CT molecular complexity index is 1390. The largest absolute Gasteiger partial charge is 0.489 e. The van der Waals surface area contributed by atoms with Crippen LogP contribution in [0.5, 0.6) is 5.75 Å². The van der Waals surface area contributed by atoms with Crippen molar-refractivity contribution in [3.05, 3.63) is 75.1 Å². The van der Waals surface area contributed by atoms with Crippen molar-refractivity contribution in [2.75, 3.05) is 13.1 Å². The lowest BCUT2D eigenvalue weighted by molar-refractivity contribution is -0.143. The maximum Gasteiger partial charge on any atom is 0.339 e. The van der Waals surface area contributed by atoms with Crippen LogP contribution in [0, 0.1) is 24.5 Å². The van der Waals surface area contributed by atoms with Crippen molar-refractivity contribution in [2.24, 2.45) is 5.92 Å². The molecule has 1 saturated heterocycles. The minimum Gasteiger partial charge on any atom is -0.489 e. The quantitative estimate of drug-likeness (QED) is 0.469. The highest BCUT2D eigenvalue weighted by Crippen LogP contribution is 2.40. The number of carbonyl (C=O) groups excluding carboxylic acids is 1. The highest BCUT2D eigenvalue weighted by atomic mass is 19.1. The van der Waals surface area contributed by atoms with Crippen LogP contribution in [0.4, 0.5) is 8.78 Å². The summed E-state index contributed by atoms with van der Waals surface area (Å²) in [6.07, 6.45) is 4.97. The molecule has 0 spiro atoms. The summed E-state index contributed by atoms with van der Waals surface area (Å²) in [5, 5.41) is 11.6. The molecule has 2 fully saturated rings. The van der Waals surface area contributed by atoms with Crippen LogP contribution < -0.4 is 10.4 Å². The highest BCUT2D eigenvalue weighted by Gasteiger charge is 2.43. The number of hydrogen-bond donors (Lipinski definition) is 1. The minimum absolute atomic E-state index is 0.0108. The van der Waals surface area contributed by atoms with E-state index in [1.807, 2.05) is 11.8 Å². The molecule has 0 unspecified atom stereocenters. The minimum atomic E-state index is -0.693. The number of nitrogens with zero attached hydrogens (tertiary/aromatic N) is 1. The third kappa shape index (κ3) is 5.25. The Hall–Kier alpha value is -3.26. The van der Waals surface area contributed by atoms with Crippen LogP contribution in [0.1, 0.15) is 55.2 Å². The summed E-state index contributed by atoms with van der Waals surface area (Å²) < 4.78 is 38.2. The number of rotatable bonds is 6. The van der Waals surface area contributed by atoms with Gasteiger partial charge in [0.25, 0.3) is 0 Å². The molecule has 6 nitrogen and oxygen atoms in total. The second kappa shape index (κ2) is 10.2. The number of fused-ring (bicyclic) bond motifs is 2. The number of benzene rings is 2. The Kier molecular flexibility index (Phi) is 7.03. The van der Waals surface area contributed by atoms with Gasteiger partial charge in [-0.25, -0.2) is 13.6 Å². The smallest absolute Gasteiger partial charge is 0.339 e. The first-order valence-corrected chi connectivity index (χ1v) is 12.9. The lowest BCUT2D eigenvalue weighted by atomic mass is 9.71. The number of amides is 1. The Balaban J connectivity index is 1.25. The van der Waals surface area contributed by atoms with Crippen LogP contribution in [0.25, 0.3) is 11.0 Å². The molecular weight excluding hydrogens is 480 g/mol. The Morgan fingerprint density at radius 3 is 2.84 bits per heavy atom. The fourth-order valence-corrected chi connectivity index (χ4v) is 5.74. The molecule has 1 aromatic heterocycles. The van der Waals surface area contributed by atoms with Gasteiger partial charge in [0.1, 0.15) is 29.6 Å². The van der Waals surface area contributed by atoms with Crippen molar-refractivity contribution in [3.8, 4) is 5.75 Å². The Morgan fingerprint density at radius 2 is 2.03 bits per heavy atom. The molecule has 8 heteroatoms. The van der Waals surface area contributed by atoms with E-state index in [9.17, 15) is 23.5 Å². The molecule has 37 heavy (non-hydrogen) atoms. The average molecular weight is 512 g/mol. The summed E-state index contributed by atoms with van der Waals surface area (Å²) in [5.41, 5.74) is 0.619. The van der Waals surface area contributed by atoms with Gasteiger partial charge in [-0.2, -0.15) is 0 Å². The van der Waals surface area contributed by atoms with Crippen LogP contribution in [0.2, 0.25) is 0 Å². The normalized spacial score (nSPS) is 21.6. The lowest BCUT2D eigenvalue weighted by Crippen LogP contribution is -2.54. The van der Waals surface area contributed by atoms with E-state index < -0.39 is 22.9 Å². The van der Waals surface area contributed by atoms with Gasteiger partial charge in [-0.1, -0.05) is 12.8 Å². The van der Waals surface area contributed by atoms with E-state index in [0.717, 1.165) is 48.8 Å². The molecule has 2 atom stereocenters. The number of hydrogen-bond acceptors (Lipinski definition) is 5. The number of piperidine rings is 1. The van der Waals surface area contributed by atoms with Crippen LogP contribution in [-0.2, 0) is 17.8 Å². The second-order valence-corrected chi connectivity index (χ2v) is 10.3. The average Bonchev–Trinajstić information content (AvgIpc) is 2.87. The first-order valence-electron chi connectivity index (χ1n) is 12.9. The molecule has 2 heterocycles. The molecule has 0 radical (unpaired) electrons. The van der Waals surface area contributed by atoms with Gasteiger partial charge in [0.05, 0.1) is 5.60 Å². The zero-order valence-electron chi connectivity index (χ0n) is 20.9. The zero-order chi connectivity index (χ0) is 26.2. The van der Waals surface area contributed by atoms with Gasteiger partial charge in [-0.15, -0.1) is 0 Å². The van der Waals surface area contributed by atoms with Gasteiger partial charge in [0.2, 0.25) is 5.91 Å². The predicted octanol–water partition coefficient (Wildman–Crippen LogP) is 5.04. The number of likely N-dealkylation sites (tertiary alicyclic amines) is 1. The molecule has 1 aliphatic heterocycles. The number of carbonyl (C=O) groups is 1. The summed E-state index contributed by atoms with van der Waals surface area (Å²) in [4.78, 5) is 27.6. The van der Waals surface area contributed by atoms with Gasteiger partial charge in [-0.05, 0) is 62.4 Å². The van der Waals surface area contributed by atoms with E-state index in [2.05, 4.69) is 0 Å². The van der Waals surface area contributed by atoms with Crippen molar-refractivity contribution in [2.45, 2.75) is 64.1 Å². The standard InChI is InChI=1S/C29H31F2NO5/c1-18-23-8-7-22(36-17-19-5-6-21(30)14-25(19)31)15-26(23)37-28(34)24(18)9-10-27(33)32-13-12-29(35)11-3-2-4-20(29)16-32/h5-8,14-15,20,35H,2-4,9-13,16-17H2,1H3/t20-,29-/m1/s1. The molecule has 1 aliphatic carbocycles. The molecule has 3 aromatic rings. The lowest BCUT2D eigenvalue weighted by Gasteiger charge is -2.47. The summed E-state index contributed by atoms with van der Waals surface area (Å²) in [5.74, 6) is -0.851.